The van der Waals surface area contributed by atoms with Gasteiger partial charge in [0.1, 0.15) is 4.90 Å². The number of allylic oxidation sites excluding steroid dienone is 1. The fraction of sp³-hybridized carbons (Fsp3) is 0.433. The number of hydrogen-bond acceptors (Lipinski definition) is 14. The Balaban J connectivity index is 0.783. The molecule has 0 saturated carbocycles. The van der Waals surface area contributed by atoms with Crippen LogP contribution in [0.3, 0.4) is 0 Å². The zero-order chi connectivity index (χ0) is 58.0. The number of carbonyl (C=O) groups excluding carboxylic acids is 3. The number of nitrogens with zero attached hydrogens (tertiary/aromatic N) is 5. The first-order chi connectivity index (χ1) is 39.1. The number of benzene rings is 4. The number of piperazine rings is 2. The molecule has 0 radical (unpaired) electrons. The summed E-state index contributed by atoms with van der Waals surface area (Å²) in [5.74, 6) is -1.72. The summed E-state index contributed by atoms with van der Waals surface area (Å²) in [6.45, 7) is 11.1. The fourth-order valence-electron chi connectivity index (χ4n) is 12.1. The van der Waals surface area contributed by atoms with Crippen LogP contribution >= 0.6 is 23.4 Å². The van der Waals surface area contributed by atoms with E-state index in [0.717, 1.165) is 112 Å². The van der Waals surface area contributed by atoms with E-state index in [-0.39, 0.29) is 41.3 Å². The minimum atomic E-state index is -6.13. The van der Waals surface area contributed by atoms with Crippen molar-refractivity contribution in [2.75, 3.05) is 68.3 Å². The van der Waals surface area contributed by atoms with Crippen LogP contribution in [0.1, 0.15) is 98.3 Å². The zero-order valence-corrected chi connectivity index (χ0v) is 49.0. The van der Waals surface area contributed by atoms with Crippen LogP contribution in [0.5, 0.6) is 0 Å². The number of piperidine rings is 1. The summed E-state index contributed by atoms with van der Waals surface area (Å²) in [6, 6.07) is 30.0. The third kappa shape index (κ3) is 14.0. The molecular weight excluding hydrogens is 1130 g/mol. The predicted molar refractivity (Wildman–Crippen MR) is 313 cm³/mol. The summed E-state index contributed by atoms with van der Waals surface area (Å²) >= 11 is 7.66. The maximum atomic E-state index is 14.5. The molecule has 1 aliphatic carbocycles. The van der Waals surface area contributed by atoms with Crippen molar-refractivity contribution in [3.8, 4) is 0 Å². The van der Waals surface area contributed by atoms with Gasteiger partial charge in [0.05, 0.1) is 22.2 Å². The van der Waals surface area contributed by atoms with Gasteiger partial charge in [0.2, 0.25) is 11.8 Å². The van der Waals surface area contributed by atoms with Crippen molar-refractivity contribution in [3.63, 3.8) is 0 Å². The molecule has 82 heavy (non-hydrogen) atoms. The Hall–Kier alpha value is -5.81. The number of alkyl halides is 3. The fourth-order valence-corrected chi connectivity index (χ4v) is 15.3. The smallest absolute Gasteiger partial charge is 0.380 e. The topological polar surface area (TPSA) is 181 Å². The summed E-state index contributed by atoms with van der Waals surface area (Å²) in [4.78, 5) is 50.5. The number of likely N-dealkylation sites (tertiary alicyclic amines) is 1. The lowest BCUT2D eigenvalue weighted by atomic mass is 9.73. The third-order valence-corrected chi connectivity index (χ3v) is 20.9. The van der Waals surface area contributed by atoms with Crippen molar-refractivity contribution in [2.45, 2.75) is 116 Å². The van der Waals surface area contributed by atoms with Gasteiger partial charge in [0.25, 0.3) is 25.8 Å². The summed E-state index contributed by atoms with van der Waals surface area (Å²) in [5.41, 5.74) is 0.478. The van der Waals surface area contributed by atoms with Crippen molar-refractivity contribution >= 4 is 77.9 Å². The van der Waals surface area contributed by atoms with Gasteiger partial charge in [-0.15, -0.1) is 11.8 Å². The quantitative estimate of drug-likeness (QED) is 0.0525. The third-order valence-electron chi connectivity index (χ3n) is 16.6. The number of rotatable bonds is 19. The van der Waals surface area contributed by atoms with Crippen LogP contribution in [0.4, 0.5) is 24.5 Å². The lowest BCUT2D eigenvalue weighted by molar-refractivity contribution is -0.134. The number of pyridine rings is 1. The first-order valence-electron chi connectivity index (χ1n) is 27.9. The predicted octanol–water partition coefficient (Wildman–Crippen LogP) is 9.77. The highest BCUT2D eigenvalue weighted by molar-refractivity contribution is 7.99. The van der Waals surface area contributed by atoms with E-state index in [1.54, 1.807) is 18.3 Å². The van der Waals surface area contributed by atoms with Gasteiger partial charge in [-0.05, 0) is 140 Å². The van der Waals surface area contributed by atoms with Crippen LogP contribution in [0.2, 0.25) is 5.02 Å². The molecular formula is C60H68ClF3N8O7S3. The van der Waals surface area contributed by atoms with Crippen LogP contribution in [0.15, 0.2) is 136 Å². The van der Waals surface area contributed by atoms with Crippen molar-refractivity contribution in [1.29, 1.82) is 0 Å². The highest BCUT2D eigenvalue weighted by atomic mass is 35.5. The monoisotopic (exact) mass is 1200 g/mol. The Morgan fingerprint density at radius 3 is 2.21 bits per heavy atom. The Morgan fingerprint density at radius 2 is 1.55 bits per heavy atom. The molecule has 15 nitrogen and oxygen atoms in total. The molecule has 0 spiro atoms. The van der Waals surface area contributed by atoms with E-state index in [4.69, 9.17) is 11.6 Å². The van der Waals surface area contributed by atoms with E-state index < -0.39 is 58.7 Å². The Kier molecular flexibility index (Phi) is 17.9. The number of imide groups is 1. The van der Waals surface area contributed by atoms with E-state index in [2.05, 4.69) is 61.2 Å². The number of fused-ring (bicyclic) bond motifs is 2. The molecule has 4 aromatic carbocycles. The van der Waals surface area contributed by atoms with Crippen LogP contribution in [-0.4, -0.2) is 136 Å². The number of sulfone groups is 1. The molecule has 5 aromatic rings. The van der Waals surface area contributed by atoms with E-state index >= 15 is 0 Å². The molecule has 5 aliphatic rings. The SMILES string of the molecule is CC1(C)CCC(c2ccc(Cl)cc2)=C(CN2CCN(c3ccc(C(=O)NS(=O)(=O)c4ccc(N[C@H](CCN5CC6CCC(C5)N6Cc5ccc(C6CCC(=O)NC6=O)cn5)CSc5ccccc5)c(S(=O)(=O)C(F)(F)F)c4)cc3)CC2)C1. The molecule has 4 aliphatic heterocycles. The molecule has 2 bridgehead atoms. The van der Waals surface area contributed by atoms with Gasteiger partial charge >= 0.3 is 5.51 Å². The van der Waals surface area contributed by atoms with Gasteiger partial charge in [-0.3, -0.25) is 34.5 Å². The van der Waals surface area contributed by atoms with Gasteiger partial charge in [-0.2, -0.15) is 13.2 Å². The normalized spacial score (nSPS) is 21.5. The molecule has 4 saturated heterocycles. The summed E-state index contributed by atoms with van der Waals surface area (Å²) in [6.07, 6.45) is 7.89. The largest absolute Gasteiger partial charge is 0.501 e. The number of nitrogens with one attached hydrogen (secondary N) is 3. The Bertz CT molecular complexity index is 3390. The second kappa shape index (κ2) is 24.8. The second-order valence-corrected chi connectivity index (χ2v) is 28.1. The minimum absolute atomic E-state index is 0.0162. The van der Waals surface area contributed by atoms with Crippen molar-refractivity contribution in [1.82, 2.24) is 29.7 Å². The maximum Gasteiger partial charge on any atom is 0.501 e. The molecule has 3 amide bonds. The number of anilines is 2. The summed E-state index contributed by atoms with van der Waals surface area (Å²) in [5, 5.41) is 6.18. The Labute approximate surface area is 487 Å². The molecule has 5 heterocycles. The lowest BCUT2D eigenvalue weighted by Gasteiger charge is -2.41. The van der Waals surface area contributed by atoms with Gasteiger partial charge in [-0.25, -0.2) is 21.6 Å². The minimum Gasteiger partial charge on any atom is -0.380 e. The van der Waals surface area contributed by atoms with E-state index in [9.17, 15) is 44.4 Å². The van der Waals surface area contributed by atoms with E-state index in [1.807, 2.05) is 59.3 Å². The summed E-state index contributed by atoms with van der Waals surface area (Å²) < 4.78 is 100.0. The number of sulfonamides is 1. The zero-order valence-electron chi connectivity index (χ0n) is 45.8. The van der Waals surface area contributed by atoms with Gasteiger partial charge < -0.3 is 15.1 Å². The van der Waals surface area contributed by atoms with Crippen molar-refractivity contribution in [2.24, 2.45) is 5.41 Å². The number of thioether (sulfide) groups is 1. The number of carbonyl (C=O) groups is 3. The molecule has 3 N–H and O–H groups in total. The maximum absolute atomic E-state index is 14.5. The van der Waals surface area contributed by atoms with Crippen molar-refractivity contribution < 1.29 is 44.4 Å². The Morgan fingerprint density at radius 1 is 0.841 bits per heavy atom. The molecule has 4 fully saturated rings. The highest BCUT2D eigenvalue weighted by Crippen LogP contribution is 2.43. The van der Waals surface area contributed by atoms with Crippen LogP contribution in [-0.2, 0) is 36.0 Å². The molecule has 22 heteroatoms. The second-order valence-electron chi connectivity index (χ2n) is 22.9. The molecule has 10 rings (SSSR count). The van der Waals surface area contributed by atoms with Crippen LogP contribution in [0, 0.1) is 5.41 Å². The number of halogens is 4. The average molecular weight is 1200 g/mol. The molecule has 436 valence electrons. The van der Waals surface area contributed by atoms with Crippen LogP contribution < -0.4 is 20.3 Å². The summed E-state index contributed by atoms with van der Waals surface area (Å²) in [7, 11) is -11.0. The highest BCUT2D eigenvalue weighted by Gasteiger charge is 2.49. The van der Waals surface area contributed by atoms with Gasteiger partial charge in [-0.1, -0.05) is 67.4 Å². The first kappa shape index (κ1) is 59.4. The van der Waals surface area contributed by atoms with E-state index in [1.165, 1.54) is 40.6 Å². The number of aromatic nitrogens is 1. The first-order valence-corrected chi connectivity index (χ1v) is 32.2. The molecule has 3 unspecified atom stereocenters. The number of hydrogen-bond donors (Lipinski definition) is 3. The van der Waals surface area contributed by atoms with E-state index in [0.29, 0.717) is 42.8 Å². The van der Waals surface area contributed by atoms with Gasteiger partial charge in [0.15, 0.2) is 0 Å². The molecule has 4 atom stereocenters. The number of amides is 3. The van der Waals surface area contributed by atoms with Gasteiger partial charge in [0, 0.05) is 117 Å². The van der Waals surface area contributed by atoms with Crippen LogP contribution in [0.25, 0.3) is 5.57 Å². The lowest BCUT2D eigenvalue weighted by Crippen LogP contribution is -2.53. The average Bonchev–Trinajstić information content (AvgIpc) is 3.54. The molecule has 1 aromatic heterocycles. The van der Waals surface area contributed by atoms with Crippen molar-refractivity contribution in [3.05, 3.63) is 148 Å². The standard InChI is InChI=1S/C60H68ClF3N8O7S3/c1-59(2)26-24-52(40-8-13-44(61)14-9-40)43(33-59)35-69-28-30-71(31-29-69)47-16-11-41(12-17-47)57(74)68-82(78,79)51-20-22-54(55(32-51)81(76,77)60(62,63)64)66-46(39-80-50-6-4-3-5-7-50)25-27-70-37-48-18-19-49(38-70)72(48)36-45-15-10-42(34-65-45)53-21-23-56(73)67-58(53)75/h3-17,20,22,32,34,46,48-49,53,66H,18-19,21,23-31,33,35-39H2,1-2H3,(H,68,74)(H,67,73,75)/t46-,48?,49?,53?/m1/s1.